The quantitative estimate of drug-likeness (QED) is 0.0261. The maximum Gasteiger partial charge on any atom is 0.220 e. The maximum atomic E-state index is 13.1. The zero-order valence-corrected chi connectivity index (χ0v) is 44.2. The highest BCUT2D eigenvalue weighted by Gasteiger charge is 2.44. The molecular formula is C58H113NO8. The van der Waals surface area contributed by atoms with E-state index in [1.165, 1.54) is 231 Å². The van der Waals surface area contributed by atoms with Gasteiger partial charge in [-0.05, 0) is 38.5 Å². The molecule has 0 radical (unpaired) electrons. The number of rotatable bonds is 51. The van der Waals surface area contributed by atoms with Crippen molar-refractivity contribution >= 4 is 5.91 Å². The molecule has 1 saturated heterocycles. The number of nitrogens with one attached hydrogen (secondary N) is 1. The molecule has 0 bridgehead atoms. The lowest BCUT2D eigenvalue weighted by Gasteiger charge is -2.40. The first kappa shape index (κ1) is 63.9. The van der Waals surface area contributed by atoms with Crippen molar-refractivity contribution in [3.05, 3.63) is 12.2 Å². The second kappa shape index (κ2) is 48.6. The van der Waals surface area contributed by atoms with E-state index < -0.39 is 49.5 Å². The summed E-state index contributed by atoms with van der Waals surface area (Å²) in [6.07, 6.45) is 52.4. The van der Waals surface area contributed by atoms with Gasteiger partial charge >= 0.3 is 0 Å². The Hall–Kier alpha value is -1.07. The molecule has 7 atom stereocenters. The number of allylic oxidation sites excluding steroid dienone is 2. The average molecular weight is 953 g/mol. The molecule has 1 rings (SSSR count). The Morgan fingerprint density at radius 2 is 0.836 bits per heavy atom. The standard InChI is InChI=1S/C58H113NO8/c1-3-5-7-9-11-13-15-17-19-21-23-25-26-28-29-31-33-35-37-39-41-43-45-47-52(61)51(50-66-58-57(65)56(64)55(63)53(49-60)67-58)59-54(62)48-46-44-42-40-38-36-34-32-30-27-24-22-20-18-16-14-12-10-8-6-4-2/h27,30,51-53,55-58,60-61,63-65H,3-26,28-29,31-50H2,1-2H3,(H,59,62)/b30-27-. The molecule has 9 heteroatoms. The maximum absolute atomic E-state index is 13.1. The minimum absolute atomic E-state index is 0.135. The average Bonchev–Trinajstić information content (AvgIpc) is 3.33. The van der Waals surface area contributed by atoms with Gasteiger partial charge in [0.2, 0.25) is 5.91 Å². The van der Waals surface area contributed by atoms with Crippen molar-refractivity contribution in [2.24, 2.45) is 0 Å². The molecule has 0 aromatic heterocycles. The topological polar surface area (TPSA) is 149 Å². The van der Waals surface area contributed by atoms with Gasteiger partial charge in [0.1, 0.15) is 24.4 Å². The molecule has 1 amide bonds. The summed E-state index contributed by atoms with van der Waals surface area (Å²) in [4.78, 5) is 13.1. The van der Waals surface area contributed by atoms with Crippen LogP contribution >= 0.6 is 0 Å². The van der Waals surface area contributed by atoms with Crippen molar-refractivity contribution < 1.29 is 39.8 Å². The Morgan fingerprint density at radius 1 is 0.493 bits per heavy atom. The zero-order chi connectivity index (χ0) is 48.7. The van der Waals surface area contributed by atoms with Crippen molar-refractivity contribution in [1.29, 1.82) is 0 Å². The van der Waals surface area contributed by atoms with E-state index in [4.69, 9.17) is 9.47 Å². The lowest BCUT2D eigenvalue weighted by Crippen LogP contribution is -2.60. The second-order valence-corrected chi connectivity index (χ2v) is 20.8. The molecule has 0 aliphatic carbocycles. The van der Waals surface area contributed by atoms with E-state index in [1.54, 1.807) is 0 Å². The normalized spacial score (nSPS) is 19.7. The van der Waals surface area contributed by atoms with Gasteiger partial charge in [0.05, 0.1) is 25.4 Å². The van der Waals surface area contributed by atoms with Crippen LogP contribution in [-0.2, 0) is 14.3 Å². The molecule has 1 fully saturated rings. The van der Waals surface area contributed by atoms with Gasteiger partial charge in [0.15, 0.2) is 6.29 Å². The molecule has 0 aromatic rings. The highest BCUT2D eigenvalue weighted by Crippen LogP contribution is 2.23. The third-order valence-electron chi connectivity index (χ3n) is 14.4. The Kier molecular flexibility index (Phi) is 46.3. The highest BCUT2D eigenvalue weighted by atomic mass is 16.7. The number of carbonyl (C=O) groups is 1. The highest BCUT2D eigenvalue weighted by molar-refractivity contribution is 5.76. The molecule has 9 nitrogen and oxygen atoms in total. The van der Waals surface area contributed by atoms with Gasteiger partial charge in [-0.25, -0.2) is 0 Å². The molecule has 1 aliphatic heterocycles. The number of carbonyl (C=O) groups excluding carboxylic acids is 1. The Morgan fingerprint density at radius 3 is 1.21 bits per heavy atom. The van der Waals surface area contributed by atoms with Gasteiger partial charge in [-0.15, -0.1) is 0 Å². The van der Waals surface area contributed by atoms with Crippen LogP contribution in [0.4, 0.5) is 0 Å². The number of amides is 1. The fraction of sp³-hybridized carbons (Fsp3) is 0.948. The molecule has 0 saturated carbocycles. The van der Waals surface area contributed by atoms with Crippen molar-refractivity contribution in [1.82, 2.24) is 5.32 Å². The van der Waals surface area contributed by atoms with Crippen LogP contribution in [-0.4, -0.2) is 87.5 Å². The molecule has 0 aromatic carbocycles. The number of ether oxygens (including phenoxy) is 2. The first-order valence-corrected chi connectivity index (χ1v) is 29.4. The number of aliphatic hydroxyl groups is 5. The van der Waals surface area contributed by atoms with Crippen LogP contribution in [0.5, 0.6) is 0 Å². The molecule has 67 heavy (non-hydrogen) atoms. The fourth-order valence-corrected chi connectivity index (χ4v) is 9.69. The monoisotopic (exact) mass is 952 g/mol. The van der Waals surface area contributed by atoms with Crippen LogP contribution < -0.4 is 5.32 Å². The summed E-state index contributed by atoms with van der Waals surface area (Å²) in [6, 6.07) is -0.719. The first-order chi connectivity index (χ1) is 32.8. The SMILES string of the molecule is CCCCCCCCCCCC/C=C\CCCCCCCCCC(=O)NC(COC1OC(CO)C(O)C(O)C1O)C(O)CCCCCCCCCCCCCCCCCCCCCCCCC. The van der Waals surface area contributed by atoms with Crippen LogP contribution in [0, 0.1) is 0 Å². The molecule has 1 heterocycles. The lowest BCUT2D eigenvalue weighted by molar-refractivity contribution is -0.302. The molecule has 0 spiro atoms. The van der Waals surface area contributed by atoms with E-state index in [2.05, 4.69) is 31.3 Å². The van der Waals surface area contributed by atoms with Crippen molar-refractivity contribution in [3.63, 3.8) is 0 Å². The van der Waals surface area contributed by atoms with Gasteiger partial charge in [-0.1, -0.05) is 264 Å². The summed E-state index contributed by atoms with van der Waals surface area (Å²) in [6.45, 7) is 3.88. The number of aliphatic hydroxyl groups excluding tert-OH is 5. The van der Waals surface area contributed by atoms with Gasteiger partial charge in [-0.3, -0.25) is 4.79 Å². The van der Waals surface area contributed by atoms with E-state index in [9.17, 15) is 30.3 Å². The predicted molar refractivity (Wildman–Crippen MR) is 281 cm³/mol. The third kappa shape index (κ3) is 38.3. The Bertz CT molecular complexity index is 1060. The summed E-state index contributed by atoms with van der Waals surface area (Å²) < 4.78 is 11.3. The third-order valence-corrected chi connectivity index (χ3v) is 14.4. The Balaban J connectivity index is 2.20. The fourth-order valence-electron chi connectivity index (χ4n) is 9.69. The van der Waals surface area contributed by atoms with E-state index in [0.29, 0.717) is 12.8 Å². The van der Waals surface area contributed by atoms with Gasteiger partial charge < -0.3 is 40.3 Å². The predicted octanol–water partition coefficient (Wildman–Crippen LogP) is 14.4. The van der Waals surface area contributed by atoms with Crippen molar-refractivity contribution in [2.75, 3.05) is 13.2 Å². The van der Waals surface area contributed by atoms with E-state index >= 15 is 0 Å². The summed E-state index contributed by atoms with van der Waals surface area (Å²) >= 11 is 0. The Labute approximate surface area is 414 Å². The van der Waals surface area contributed by atoms with Crippen LogP contribution in [0.2, 0.25) is 0 Å². The molecule has 1 aliphatic rings. The minimum Gasteiger partial charge on any atom is -0.394 e. The van der Waals surface area contributed by atoms with E-state index in [0.717, 1.165) is 38.5 Å². The van der Waals surface area contributed by atoms with E-state index in [1.807, 2.05) is 0 Å². The van der Waals surface area contributed by atoms with Crippen LogP contribution in [0.3, 0.4) is 0 Å². The largest absolute Gasteiger partial charge is 0.394 e. The van der Waals surface area contributed by atoms with Crippen LogP contribution in [0.15, 0.2) is 12.2 Å². The number of hydrogen-bond donors (Lipinski definition) is 6. The zero-order valence-electron chi connectivity index (χ0n) is 44.2. The van der Waals surface area contributed by atoms with E-state index in [-0.39, 0.29) is 12.5 Å². The first-order valence-electron chi connectivity index (χ1n) is 29.4. The number of unbranched alkanes of at least 4 members (excludes halogenated alkanes) is 39. The summed E-state index contributed by atoms with van der Waals surface area (Å²) in [7, 11) is 0. The molecule has 7 unspecified atom stereocenters. The van der Waals surface area contributed by atoms with Crippen LogP contribution in [0.25, 0.3) is 0 Å². The molecular weight excluding hydrogens is 839 g/mol. The molecule has 398 valence electrons. The van der Waals surface area contributed by atoms with Crippen molar-refractivity contribution in [3.8, 4) is 0 Å². The van der Waals surface area contributed by atoms with Gasteiger partial charge in [0.25, 0.3) is 0 Å². The van der Waals surface area contributed by atoms with Gasteiger partial charge in [0, 0.05) is 6.42 Å². The van der Waals surface area contributed by atoms with Gasteiger partial charge in [-0.2, -0.15) is 0 Å². The number of hydrogen-bond acceptors (Lipinski definition) is 8. The van der Waals surface area contributed by atoms with Crippen molar-refractivity contribution in [2.45, 2.75) is 339 Å². The summed E-state index contributed by atoms with van der Waals surface area (Å²) in [5.74, 6) is -0.143. The summed E-state index contributed by atoms with van der Waals surface area (Å²) in [5.41, 5.74) is 0. The summed E-state index contributed by atoms with van der Waals surface area (Å²) in [5, 5.41) is 54.7. The van der Waals surface area contributed by atoms with Crippen LogP contribution in [0.1, 0.15) is 296 Å². The molecule has 6 N–H and O–H groups in total. The minimum atomic E-state index is -1.55. The second-order valence-electron chi connectivity index (χ2n) is 20.8. The lowest BCUT2D eigenvalue weighted by atomic mass is 9.99. The smallest absolute Gasteiger partial charge is 0.220 e.